The van der Waals surface area contributed by atoms with Crippen LogP contribution in [0.2, 0.25) is 0 Å². The molecule has 0 N–H and O–H groups in total. The molecule has 6 heteroatoms. The molecule has 132 valence electrons. The van der Waals surface area contributed by atoms with Crippen LogP contribution >= 0.6 is 0 Å². The van der Waals surface area contributed by atoms with Crippen molar-refractivity contribution in [1.29, 1.82) is 0 Å². The van der Waals surface area contributed by atoms with Crippen molar-refractivity contribution in [2.75, 3.05) is 32.8 Å². The molecule has 26 heavy (non-hydrogen) atoms. The van der Waals surface area contributed by atoms with Crippen molar-refractivity contribution < 1.29 is 15.0 Å². The van der Waals surface area contributed by atoms with E-state index in [1.165, 1.54) is 0 Å². The lowest BCUT2D eigenvalue weighted by Gasteiger charge is -2.25. The maximum atomic E-state index is 12.4. The Bertz CT molecular complexity index is 1120. The summed E-state index contributed by atoms with van der Waals surface area (Å²) in [5.41, 5.74) is 1.28. The molecule has 1 saturated heterocycles. The molecule has 0 spiro atoms. The average Bonchev–Trinajstić information content (AvgIpc) is 2.72. The van der Waals surface area contributed by atoms with Gasteiger partial charge in [0.1, 0.15) is 5.82 Å². The van der Waals surface area contributed by atoms with Crippen LogP contribution in [0.3, 0.4) is 0 Å². The van der Waals surface area contributed by atoms with Crippen molar-refractivity contribution in [2.24, 2.45) is 0 Å². The minimum atomic E-state index is -0.391. The van der Waals surface area contributed by atoms with Gasteiger partial charge in [-0.05, 0) is 17.7 Å². The molecule has 3 aromatic rings. The molecule has 0 aliphatic carbocycles. The second kappa shape index (κ2) is 7.68. The maximum Gasteiger partial charge on any atom is 0.154 e. The maximum absolute atomic E-state index is 12.4. The summed E-state index contributed by atoms with van der Waals surface area (Å²) < 4.78 is 36.8. The molecule has 0 bridgehead atoms. The fourth-order valence-electron chi connectivity index (χ4n) is 2.91. The van der Waals surface area contributed by atoms with Gasteiger partial charge in [0.15, 0.2) is 5.78 Å². The lowest BCUT2D eigenvalue weighted by Crippen LogP contribution is -2.40. The van der Waals surface area contributed by atoms with E-state index in [1.54, 1.807) is 24.4 Å². The minimum absolute atomic E-state index is 0.0309. The van der Waals surface area contributed by atoms with Crippen LogP contribution in [0.4, 0.5) is 0 Å². The molecule has 0 saturated carbocycles. The van der Waals surface area contributed by atoms with E-state index in [9.17, 15) is 4.79 Å². The van der Waals surface area contributed by atoms with E-state index >= 15 is 0 Å². The number of fused-ring (bicyclic) bond motifs is 1. The van der Waals surface area contributed by atoms with Gasteiger partial charge in [-0.25, -0.2) is 9.97 Å². The van der Waals surface area contributed by atoms with E-state index in [-0.39, 0.29) is 36.0 Å². The standard InChI is InChI=1S/C20H20N4O2/c25-18(14-24-6-8-26-9-7-24)11-20-22-13-17-4-3-15(10-19(17)23-20)16-2-1-5-21-12-16/h1-5,10,12-13H,6-9,11,14H2/i1D,2D,5D,12D. The predicted octanol–water partition coefficient (Wildman–Crippen LogP) is 2.14. The Kier molecular flexibility index (Phi) is 3.73. The summed E-state index contributed by atoms with van der Waals surface area (Å²) in [5.74, 6) is 0.444. The zero-order valence-electron chi connectivity index (χ0n) is 18.2. The molecule has 0 radical (unpaired) electrons. The highest BCUT2D eigenvalue weighted by atomic mass is 16.5. The first kappa shape index (κ1) is 12.6. The van der Waals surface area contributed by atoms with Gasteiger partial charge >= 0.3 is 0 Å². The Morgan fingerprint density at radius 3 is 3.04 bits per heavy atom. The van der Waals surface area contributed by atoms with Crippen LogP contribution in [0.15, 0.2) is 48.8 Å². The molecule has 1 aliphatic rings. The summed E-state index contributed by atoms with van der Waals surface area (Å²) in [6.45, 7) is 3.08. The van der Waals surface area contributed by atoms with Crippen LogP contribution in [0, 0.1) is 0 Å². The van der Waals surface area contributed by atoms with Crippen LogP contribution in [0.5, 0.6) is 0 Å². The second-order valence-corrected chi connectivity index (χ2v) is 6.12. The number of hydrogen-bond acceptors (Lipinski definition) is 6. The summed E-state index contributed by atoms with van der Waals surface area (Å²) in [7, 11) is 0. The Morgan fingerprint density at radius 2 is 2.15 bits per heavy atom. The second-order valence-electron chi connectivity index (χ2n) is 6.12. The number of morpholine rings is 1. The van der Waals surface area contributed by atoms with Gasteiger partial charge in [0.2, 0.25) is 0 Å². The summed E-state index contributed by atoms with van der Waals surface area (Å²) in [6, 6.07) is 4.64. The molecular formula is C20H20N4O2. The first-order chi connectivity index (χ1) is 14.4. The molecule has 1 aromatic carbocycles. The molecule has 6 nitrogen and oxygen atoms in total. The number of nitrogens with zero attached hydrogens (tertiary/aromatic N) is 4. The molecular weight excluding hydrogens is 328 g/mol. The zero-order valence-corrected chi connectivity index (χ0v) is 14.2. The topological polar surface area (TPSA) is 68.2 Å². The lowest BCUT2D eigenvalue weighted by molar-refractivity contribution is -0.120. The summed E-state index contributed by atoms with van der Waals surface area (Å²) in [5, 5.41) is 0.761. The van der Waals surface area contributed by atoms with Gasteiger partial charge in [-0.1, -0.05) is 18.2 Å². The quantitative estimate of drug-likeness (QED) is 0.701. The van der Waals surface area contributed by atoms with Crippen LogP contribution < -0.4 is 0 Å². The van der Waals surface area contributed by atoms with Gasteiger partial charge in [0.25, 0.3) is 0 Å². The van der Waals surface area contributed by atoms with E-state index in [0.717, 1.165) is 18.5 Å². The molecule has 1 aliphatic heterocycles. The van der Waals surface area contributed by atoms with Crippen LogP contribution in [-0.2, 0) is 16.0 Å². The predicted molar refractivity (Wildman–Crippen MR) is 98.7 cm³/mol. The monoisotopic (exact) mass is 352 g/mol. The minimum Gasteiger partial charge on any atom is -0.379 e. The summed E-state index contributed by atoms with van der Waals surface area (Å²) >= 11 is 0. The largest absolute Gasteiger partial charge is 0.379 e. The Morgan fingerprint density at radius 1 is 1.27 bits per heavy atom. The molecule has 4 rings (SSSR count). The highest BCUT2D eigenvalue weighted by molar-refractivity contribution is 5.85. The van der Waals surface area contributed by atoms with E-state index in [0.29, 0.717) is 36.7 Å². The number of Topliss-reactive ketones (excluding diaryl/α,β-unsaturated/α-hetero) is 1. The number of hydrogen-bond donors (Lipinski definition) is 0. The fourth-order valence-corrected chi connectivity index (χ4v) is 2.91. The molecule has 2 aromatic heterocycles. The van der Waals surface area contributed by atoms with Gasteiger partial charge < -0.3 is 4.74 Å². The number of ether oxygens (including phenoxy) is 1. The highest BCUT2D eigenvalue weighted by Crippen LogP contribution is 2.22. The summed E-state index contributed by atoms with van der Waals surface area (Å²) in [4.78, 5) is 27.0. The number of carbonyl (C=O) groups excluding carboxylic acids is 1. The van der Waals surface area contributed by atoms with Crippen molar-refractivity contribution in [1.82, 2.24) is 19.9 Å². The smallest absolute Gasteiger partial charge is 0.154 e. The molecule has 0 amide bonds. The number of rotatable bonds is 5. The third-order valence-electron chi connectivity index (χ3n) is 4.25. The first-order valence-corrected chi connectivity index (χ1v) is 8.44. The van der Waals surface area contributed by atoms with Crippen molar-refractivity contribution in [3.63, 3.8) is 0 Å². The van der Waals surface area contributed by atoms with Crippen LogP contribution in [0.1, 0.15) is 11.3 Å². The molecule has 0 atom stereocenters. The average molecular weight is 352 g/mol. The van der Waals surface area contributed by atoms with Gasteiger partial charge in [-0.3, -0.25) is 14.7 Å². The Labute approximate surface area is 157 Å². The number of ketones is 1. The van der Waals surface area contributed by atoms with Crippen molar-refractivity contribution in [3.8, 4) is 11.1 Å². The fraction of sp³-hybridized carbons (Fsp3) is 0.300. The number of pyridine rings is 1. The summed E-state index contributed by atoms with van der Waals surface area (Å²) in [6.07, 6.45) is 1.15. The van der Waals surface area contributed by atoms with E-state index in [4.69, 9.17) is 10.2 Å². The van der Waals surface area contributed by atoms with Crippen LogP contribution in [-0.4, -0.2) is 58.5 Å². The normalized spacial score (nSPS) is 17.4. The number of benzene rings is 1. The lowest BCUT2D eigenvalue weighted by atomic mass is 10.1. The van der Waals surface area contributed by atoms with Crippen molar-refractivity contribution in [3.05, 3.63) is 54.7 Å². The third-order valence-corrected chi connectivity index (χ3v) is 4.25. The van der Waals surface area contributed by atoms with Crippen LogP contribution in [0.25, 0.3) is 22.0 Å². The molecule has 0 unspecified atom stereocenters. The van der Waals surface area contributed by atoms with Gasteiger partial charge in [0.05, 0.1) is 37.2 Å². The molecule has 3 heterocycles. The first-order valence-electron chi connectivity index (χ1n) is 10.4. The zero-order chi connectivity index (χ0) is 21.3. The van der Waals surface area contributed by atoms with Crippen molar-refractivity contribution in [2.45, 2.75) is 6.42 Å². The Balaban J connectivity index is 1.60. The van der Waals surface area contributed by atoms with Gasteiger partial charge in [0, 0.05) is 42.6 Å². The van der Waals surface area contributed by atoms with E-state index in [1.807, 2.05) is 0 Å². The number of carbonyl (C=O) groups is 1. The molecule has 1 fully saturated rings. The number of aromatic nitrogens is 3. The van der Waals surface area contributed by atoms with E-state index < -0.39 is 6.17 Å². The third kappa shape index (κ3) is 3.92. The van der Waals surface area contributed by atoms with Crippen molar-refractivity contribution >= 4 is 16.7 Å². The van der Waals surface area contributed by atoms with E-state index in [2.05, 4.69) is 19.9 Å². The van der Waals surface area contributed by atoms with Gasteiger partial charge in [-0.2, -0.15) is 0 Å². The van der Waals surface area contributed by atoms with Gasteiger partial charge in [-0.15, -0.1) is 0 Å². The SMILES string of the molecule is [2H]c1nc([2H])c(-c2ccc3cnc(CC(=O)CN4CCOCC4)nc3c2)c([2H])c1[2H]. The Hall–Kier alpha value is -2.70. The highest BCUT2D eigenvalue weighted by Gasteiger charge is 2.15.